The van der Waals surface area contributed by atoms with Crippen LogP contribution in [0.1, 0.15) is 47.5 Å². The number of hydroxylamine groups is 2. The van der Waals surface area contributed by atoms with Gasteiger partial charge in [-0.25, -0.2) is 4.79 Å². The van der Waals surface area contributed by atoms with Crippen molar-refractivity contribution in [3.05, 3.63) is 12.2 Å². The Morgan fingerprint density at radius 1 is 1.29 bits per heavy atom. The van der Waals surface area contributed by atoms with Gasteiger partial charge in [0.25, 0.3) is 0 Å². The van der Waals surface area contributed by atoms with E-state index in [0.717, 1.165) is 0 Å². The number of hydrogen-bond acceptors (Lipinski definition) is 4. The molecule has 0 unspecified atom stereocenters. The van der Waals surface area contributed by atoms with Crippen LogP contribution in [0.25, 0.3) is 0 Å². The molecule has 0 aliphatic carbocycles. The van der Waals surface area contributed by atoms with Crippen molar-refractivity contribution >= 4 is 5.97 Å². The van der Waals surface area contributed by atoms with Crippen molar-refractivity contribution in [2.75, 3.05) is 0 Å². The Morgan fingerprint density at radius 3 is 2.06 bits per heavy atom. The van der Waals surface area contributed by atoms with Crippen molar-refractivity contribution in [1.29, 1.82) is 0 Å². The molecule has 98 valence electrons. The molecular weight excluding hydrogens is 218 g/mol. The highest BCUT2D eigenvalue weighted by molar-refractivity contribution is 5.87. The van der Waals surface area contributed by atoms with Gasteiger partial charge < -0.3 is 9.94 Å². The van der Waals surface area contributed by atoms with Gasteiger partial charge in [-0.1, -0.05) is 6.58 Å². The Labute approximate surface area is 103 Å². The smallest absolute Gasteiger partial charge is 0.333 e. The van der Waals surface area contributed by atoms with Crippen LogP contribution in [0.4, 0.5) is 0 Å². The van der Waals surface area contributed by atoms with Crippen molar-refractivity contribution < 1.29 is 14.7 Å². The van der Waals surface area contributed by atoms with Crippen LogP contribution in [0.5, 0.6) is 0 Å². The fourth-order valence-electron chi connectivity index (χ4n) is 2.51. The second-order valence-electron chi connectivity index (χ2n) is 6.15. The monoisotopic (exact) mass is 241 g/mol. The zero-order chi connectivity index (χ0) is 13.4. The molecule has 0 radical (unpaired) electrons. The third-order valence-electron chi connectivity index (χ3n) is 3.22. The second-order valence-corrected chi connectivity index (χ2v) is 6.15. The lowest BCUT2D eigenvalue weighted by Crippen LogP contribution is -2.60. The predicted octanol–water partition coefficient (Wildman–Crippen LogP) is 2.52. The first-order valence-electron chi connectivity index (χ1n) is 5.92. The summed E-state index contributed by atoms with van der Waals surface area (Å²) in [5, 5.41) is 11.5. The molecule has 0 amide bonds. The molecule has 0 atom stereocenters. The van der Waals surface area contributed by atoms with E-state index in [9.17, 15) is 10.0 Å². The molecule has 0 bridgehead atoms. The van der Waals surface area contributed by atoms with Crippen LogP contribution in [0.3, 0.4) is 0 Å². The molecule has 0 saturated carbocycles. The fraction of sp³-hybridized carbons (Fsp3) is 0.769. The number of nitrogens with zero attached hydrogens (tertiary/aromatic N) is 1. The number of piperidine rings is 1. The lowest BCUT2D eigenvalue weighted by Gasteiger charge is -2.50. The number of carbonyl (C=O) groups excluding carboxylic acids is 1. The maximum absolute atomic E-state index is 11.5. The number of hydrogen-bond donors (Lipinski definition) is 1. The van der Waals surface area contributed by atoms with E-state index in [1.807, 2.05) is 27.7 Å². The summed E-state index contributed by atoms with van der Waals surface area (Å²) in [5.74, 6) is -0.354. The van der Waals surface area contributed by atoms with Gasteiger partial charge in [-0.05, 0) is 34.6 Å². The normalized spacial score (nSPS) is 24.4. The van der Waals surface area contributed by atoms with Crippen LogP contribution >= 0.6 is 0 Å². The van der Waals surface area contributed by atoms with Gasteiger partial charge in [0.1, 0.15) is 6.10 Å². The highest BCUT2D eigenvalue weighted by atomic mass is 16.5. The van der Waals surface area contributed by atoms with Gasteiger partial charge in [0, 0.05) is 29.5 Å². The molecule has 1 rings (SSSR count). The van der Waals surface area contributed by atoms with E-state index in [0.29, 0.717) is 18.4 Å². The first kappa shape index (κ1) is 14.2. The quantitative estimate of drug-likeness (QED) is 0.596. The molecule has 4 nitrogen and oxygen atoms in total. The zero-order valence-electron chi connectivity index (χ0n) is 11.4. The van der Waals surface area contributed by atoms with Gasteiger partial charge in [-0.3, -0.25) is 0 Å². The van der Waals surface area contributed by atoms with E-state index in [-0.39, 0.29) is 12.1 Å². The third kappa shape index (κ3) is 3.07. The molecule has 4 heteroatoms. The van der Waals surface area contributed by atoms with E-state index in [4.69, 9.17) is 4.74 Å². The SMILES string of the molecule is C=C(C)C(=O)OC1CC(C)(C)N(O)C(C)(C)C1. The second kappa shape index (κ2) is 4.42. The van der Waals surface area contributed by atoms with Crippen molar-refractivity contribution in [2.45, 2.75) is 64.6 Å². The number of ether oxygens (including phenoxy) is 1. The minimum atomic E-state index is -0.401. The third-order valence-corrected chi connectivity index (χ3v) is 3.22. The summed E-state index contributed by atoms with van der Waals surface area (Å²) in [6.45, 7) is 13.0. The average molecular weight is 241 g/mol. The molecule has 17 heavy (non-hydrogen) atoms. The van der Waals surface area contributed by atoms with Crippen LogP contribution < -0.4 is 0 Å². The van der Waals surface area contributed by atoms with Crippen molar-refractivity contribution in [3.8, 4) is 0 Å². The Kier molecular flexibility index (Phi) is 3.69. The molecule has 0 aromatic rings. The van der Waals surface area contributed by atoms with E-state index in [1.165, 1.54) is 5.06 Å². The van der Waals surface area contributed by atoms with E-state index in [2.05, 4.69) is 6.58 Å². The first-order valence-corrected chi connectivity index (χ1v) is 5.92. The minimum absolute atomic E-state index is 0.174. The molecule has 1 saturated heterocycles. The van der Waals surface area contributed by atoms with Crippen LogP contribution in [0, 0.1) is 0 Å². The Balaban J connectivity index is 2.78. The maximum Gasteiger partial charge on any atom is 0.333 e. The summed E-state index contributed by atoms with van der Waals surface area (Å²) in [6.07, 6.45) is 1.06. The number of rotatable bonds is 2. The molecule has 0 spiro atoms. The summed E-state index contributed by atoms with van der Waals surface area (Å²) < 4.78 is 5.40. The highest BCUT2D eigenvalue weighted by Crippen LogP contribution is 2.38. The molecule has 1 N–H and O–H groups in total. The maximum atomic E-state index is 11.5. The summed E-state index contributed by atoms with van der Waals surface area (Å²) in [5.41, 5.74) is -0.393. The fourth-order valence-corrected chi connectivity index (χ4v) is 2.51. The summed E-state index contributed by atoms with van der Waals surface area (Å²) >= 11 is 0. The van der Waals surface area contributed by atoms with Crippen LogP contribution in [-0.2, 0) is 9.53 Å². The molecule has 0 aromatic carbocycles. The molecule has 1 fully saturated rings. The van der Waals surface area contributed by atoms with Crippen molar-refractivity contribution in [3.63, 3.8) is 0 Å². The van der Waals surface area contributed by atoms with Crippen molar-refractivity contribution in [2.24, 2.45) is 0 Å². The molecule has 1 aliphatic rings. The summed E-state index contributed by atoms with van der Waals surface area (Å²) in [6, 6.07) is 0. The number of carbonyl (C=O) groups is 1. The van der Waals surface area contributed by atoms with Crippen LogP contribution in [0.15, 0.2) is 12.2 Å². The summed E-state index contributed by atoms with van der Waals surface area (Å²) in [7, 11) is 0. The predicted molar refractivity (Wildman–Crippen MR) is 65.7 cm³/mol. The largest absolute Gasteiger partial charge is 0.459 e. The number of esters is 1. The van der Waals surface area contributed by atoms with Gasteiger partial charge >= 0.3 is 5.97 Å². The van der Waals surface area contributed by atoms with Crippen LogP contribution in [-0.4, -0.2) is 33.4 Å². The molecular formula is C13H23NO3. The molecule has 1 aliphatic heterocycles. The Morgan fingerprint density at radius 2 is 1.71 bits per heavy atom. The minimum Gasteiger partial charge on any atom is -0.459 e. The Hall–Kier alpha value is -0.870. The van der Waals surface area contributed by atoms with Gasteiger partial charge in [-0.2, -0.15) is 5.06 Å². The zero-order valence-corrected chi connectivity index (χ0v) is 11.4. The van der Waals surface area contributed by atoms with Gasteiger partial charge in [0.15, 0.2) is 0 Å². The lowest BCUT2D eigenvalue weighted by atomic mass is 9.80. The molecule has 1 heterocycles. The van der Waals surface area contributed by atoms with Gasteiger partial charge in [-0.15, -0.1) is 0 Å². The van der Waals surface area contributed by atoms with E-state index >= 15 is 0 Å². The van der Waals surface area contributed by atoms with E-state index in [1.54, 1.807) is 6.92 Å². The topological polar surface area (TPSA) is 49.8 Å². The van der Waals surface area contributed by atoms with E-state index < -0.39 is 11.1 Å². The van der Waals surface area contributed by atoms with Crippen LogP contribution in [0.2, 0.25) is 0 Å². The van der Waals surface area contributed by atoms with Gasteiger partial charge in [0.05, 0.1) is 0 Å². The first-order chi connectivity index (χ1) is 7.56. The standard InChI is InChI=1S/C13H23NO3/c1-9(2)11(15)17-10-7-12(3,4)14(16)13(5,6)8-10/h10,16H,1,7-8H2,2-6H3. The highest BCUT2D eigenvalue weighted by Gasteiger charge is 2.46. The Bertz CT molecular complexity index is 316. The van der Waals surface area contributed by atoms with Crippen molar-refractivity contribution in [1.82, 2.24) is 5.06 Å². The summed E-state index contributed by atoms with van der Waals surface area (Å²) in [4.78, 5) is 11.5. The lowest BCUT2D eigenvalue weighted by molar-refractivity contribution is -0.259. The molecule has 0 aromatic heterocycles. The van der Waals surface area contributed by atoms with Gasteiger partial charge in [0.2, 0.25) is 0 Å². The average Bonchev–Trinajstić information content (AvgIpc) is 2.12.